The van der Waals surface area contributed by atoms with Crippen LogP contribution in [0.2, 0.25) is 0 Å². The van der Waals surface area contributed by atoms with Crippen LogP contribution in [-0.4, -0.2) is 50.3 Å². The molecule has 0 atom stereocenters. The minimum Gasteiger partial charge on any atom is -0.368 e. The van der Waals surface area contributed by atoms with Gasteiger partial charge in [0.05, 0.1) is 22.5 Å². The van der Waals surface area contributed by atoms with E-state index in [-0.39, 0.29) is 0 Å². The topological polar surface area (TPSA) is 73.8 Å². The quantitative estimate of drug-likeness (QED) is 0.681. The molecule has 2 aliphatic rings. The van der Waals surface area contributed by atoms with Crippen molar-refractivity contribution in [2.24, 2.45) is 4.99 Å². The van der Waals surface area contributed by atoms with E-state index >= 15 is 0 Å². The first-order valence-corrected chi connectivity index (χ1v) is 12.7. The van der Waals surface area contributed by atoms with Crippen molar-refractivity contribution in [1.29, 1.82) is 0 Å². The van der Waals surface area contributed by atoms with Crippen LogP contribution in [0.1, 0.15) is 35.1 Å². The van der Waals surface area contributed by atoms with E-state index in [0.29, 0.717) is 56.0 Å². The number of sulfonamides is 1. The van der Waals surface area contributed by atoms with E-state index < -0.39 is 27.3 Å². The van der Waals surface area contributed by atoms with Gasteiger partial charge in [-0.2, -0.15) is 17.5 Å². The maximum Gasteiger partial charge on any atom is 0.416 e. The lowest BCUT2D eigenvalue weighted by molar-refractivity contribution is -0.137. The Hall–Kier alpha value is -2.43. The van der Waals surface area contributed by atoms with Gasteiger partial charge in [-0.25, -0.2) is 8.42 Å². The average Bonchev–Trinajstić information content (AvgIpc) is 2.78. The molecular weight excluding hydrogens is 465 g/mol. The number of benzene rings is 2. The molecule has 0 unspecified atom stereocenters. The number of aryl methyl sites for hydroxylation is 2. The van der Waals surface area contributed by atoms with Gasteiger partial charge in [-0.3, -0.25) is 4.99 Å². The number of nitrogens with zero attached hydrogens (tertiary/aromatic N) is 2. The van der Waals surface area contributed by atoms with Crippen molar-refractivity contribution in [2.45, 2.75) is 49.8 Å². The molecule has 2 N–H and O–H groups in total. The minimum absolute atomic E-state index is 0.312. The highest BCUT2D eigenvalue weighted by atomic mass is 32.2. The van der Waals surface area contributed by atoms with Crippen LogP contribution in [0.5, 0.6) is 0 Å². The summed E-state index contributed by atoms with van der Waals surface area (Å²) in [6.45, 7) is 6.08. The van der Waals surface area contributed by atoms with Crippen LogP contribution in [-0.2, 0) is 22.7 Å². The zero-order valence-electron chi connectivity index (χ0n) is 19.2. The Kier molecular flexibility index (Phi) is 6.76. The predicted molar refractivity (Wildman–Crippen MR) is 125 cm³/mol. The number of halogens is 3. The lowest BCUT2D eigenvalue weighted by Crippen LogP contribution is -2.64. The van der Waals surface area contributed by atoms with Crippen molar-refractivity contribution >= 4 is 15.9 Å². The van der Waals surface area contributed by atoms with Gasteiger partial charge >= 0.3 is 6.18 Å². The summed E-state index contributed by atoms with van der Waals surface area (Å²) in [7, 11) is -3.60. The average molecular weight is 495 g/mol. The highest BCUT2D eigenvalue weighted by Gasteiger charge is 2.43. The number of rotatable bonds is 4. The van der Waals surface area contributed by atoms with Gasteiger partial charge in [0.2, 0.25) is 10.0 Å². The molecule has 0 radical (unpaired) electrons. The number of hydrogen-bond acceptors (Lipinski definition) is 5. The summed E-state index contributed by atoms with van der Waals surface area (Å²) in [5.41, 5.74) is 1.37. The Balaban J connectivity index is 1.44. The maximum absolute atomic E-state index is 13.2. The smallest absolute Gasteiger partial charge is 0.368 e. The number of alkyl halides is 3. The second-order valence-electron chi connectivity index (χ2n) is 9.01. The van der Waals surface area contributed by atoms with Crippen molar-refractivity contribution in [3.8, 4) is 0 Å². The molecule has 2 aromatic carbocycles. The molecule has 184 valence electrons. The van der Waals surface area contributed by atoms with Gasteiger partial charge < -0.3 is 10.6 Å². The van der Waals surface area contributed by atoms with Gasteiger partial charge in [0.1, 0.15) is 5.84 Å². The molecule has 2 heterocycles. The Morgan fingerprint density at radius 1 is 1.06 bits per heavy atom. The van der Waals surface area contributed by atoms with Crippen LogP contribution < -0.4 is 10.6 Å². The van der Waals surface area contributed by atoms with E-state index in [4.69, 9.17) is 0 Å². The largest absolute Gasteiger partial charge is 0.416 e. The first kappa shape index (κ1) is 24.7. The van der Waals surface area contributed by atoms with Gasteiger partial charge in [0.25, 0.3) is 0 Å². The number of amidine groups is 1. The molecule has 1 saturated heterocycles. The molecule has 0 amide bonds. The highest BCUT2D eigenvalue weighted by molar-refractivity contribution is 7.89. The molecule has 2 aliphatic heterocycles. The fourth-order valence-electron chi connectivity index (χ4n) is 4.67. The second-order valence-corrected chi connectivity index (χ2v) is 11.0. The van der Waals surface area contributed by atoms with Gasteiger partial charge in [-0.1, -0.05) is 18.2 Å². The van der Waals surface area contributed by atoms with Crippen LogP contribution in [0.3, 0.4) is 0 Å². The predicted octanol–water partition coefficient (Wildman–Crippen LogP) is 3.64. The summed E-state index contributed by atoms with van der Waals surface area (Å²) in [6, 6.07) is 10.4. The molecular formula is C24H29F3N4O2S. The molecule has 10 heteroatoms. The molecule has 6 nitrogen and oxygen atoms in total. The standard InChI is InChI=1S/C24H29F3N4O2S/c1-17-13-18(2)15-21(14-17)34(32,33)31-11-7-23(8-12-31)22(28-9-10-30-23)29-16-19-3-5-20(6-4-19)24(25,26)27/h3-6,13-15,30H,7-12,16H2,1-2H3,(H,28,29). The van der Waals surface area contributed by atoms with Crippen molar-refractivity contribution < 1.29 is 21.6 Å². The number of hydrogen-bond donors (Lipinski definition) is 2. The van der Waals surface area contributed by atoms with Gasteiger partial charge in [0, 0.05) is 26.2 Å². The summed E-state index contributed by atoms with van der Waals surface area (Å²) >= 11 is 0. The summed E-state index contributed by atoms with van der Waals surface area (Å²) < 4.78 is 66.4. The van der Waals surface area contributed by atoms with Crippen LogP contribution in [0.25, 0.3) is 0 Å². The summed E-state index contributed by atoms with van der Waals surface area (Å²) in [6.07, 6.45) is -3.26. The molecule has 0 aromatic heterocycles. The van der Waals surface area contributed by atoms with Crippen molar-refractivity contribution in [3.63, 3.8) is 0 Å². The normalized spacial score (nSPS) is 19.1. The third-order valence-electron chi connectivity index (χ3n) is 6.45. The first-order valence-electron chi connectivity index (χ1n) is 11.3. The van der Waals surface area contributed by atoms with E-state index in [0.717, 1.165) is 29.1 Å². The first-order chi connectivity index (χ1) is 16.0. The molecule has 2 aromatic rings. The van der Waals surface area contributed by atoms with Gasteiger partial charge in [-0.05, 0) is 67.6 Å². The van der Waals surface area contributed by atoms with E-state index in [9.17, 15) is 21.6 Å². The van der Waals surface area contributed by atoms with Crippen LogP contribution in [0.4, 0.5) is 13.2 Å². The molecule has 4 rings (SSSR count). The molecule has 1 spiro atoms. The van der Waals surface area contributed by atoms with E-state index in [1.807, 2.05) is 19.9 Å². The van der Waals surface area contributed by atoms with Crippen LogP contribution in [0.15, 0.2) is 52.4 Å². The Morgan fingerprint density at radius 2 is 1.68 bits per heavy atom. The lowest BCUT2D eigenvalue weighted by atomic mass is 9.85. The Morgan fingerprint density at radius 3 is 2.26 bits per heavy atom. The van der Waals surface area contributed by atoms with Crippen LogP contribution in [0, 0.1) is 13.8 Å². The van der Waals surface area contributed by atoms with Gasteiger partial charge in [0.15, 0.2) is 0 Å². The third-order valence-corrected chi connectivity index (χ3v) is 8.32. The summed E-state index contributed by atoms with van der Waals surface area (Å²) in [5, 5.41) is 6.81. The number of piperidine rings is 1. The maximum atomic E-state index is 13.2. The highest BCUT2D eigenvalue weighted by Crippen LogP contribution is 2.31. The lowest BCUT2D eigenvalue weighted by Gasteiger charge is -2.44. The summed E-state index contributed by atoms with van der Waals surface area (Å²) in [5.74, 6) is 0.738. The Bertz CT molecular complexity index is 1150. The SMILES string of the molecule is Cc1cc(C)cc(S(=O)(=O)N2CCC3(CC2)NCCN=C3NCc2ccc(C(F)(F)F)cc2)c1. The fraction of sp³-hybridized carbons (Fsp3) is 0.458. The van der Waals surface area contributed by atoms with E-state index in [1.54, 1.807) is 12.1 Å². The third kappa shape index (κ3) is 5.13. The molecule has 1 fully saturated rings. The zero-order chi connectivity index (χ0) is 24.6. The molecule has 34 heavy (non-hydrogen) atoms. The number of aliphatic imine (C=N–C) groups is 1. The molecule has 0 aliphatic carbocycles. The molecule has 0 saturated carbocycles. The second kappa shape index (κ2) is 9.31. The summed E-state index contributed by atoms with van der Waals surface area (Å²) in [4.78, 5) is 4.95. The minimum atomic E-state index is -4.36. The fourth-order valence-corrected chi connectivity index (χ4v) is 6.30. The van der Waals surface area contributed by atoms with E-state index in [1.165, 1.54) is 16.4 Å². The van der Waals surface area contributed by atoms with Crippen molar-refractivity contribution in [3.05, 3.63) is 64.7 Å². The Labute approximate surface area is 198 Å². The van der Waals surface area contributed by atoms with Crippen molar-refractivity contribution in [1.82, 2.24) is 14.9 Å². The zero-order valence-corrected chi connectivity index (χ0v) is 20.1. The molecule has 0 bridgehead atoms. The van der Waals surface area contributed by atoms with E-state index in [2.05, 4.69) is 15.6 Å². The number of nitrogens with one attached hydrogen (secondary N) is 2. The van der Waals surface area contributed by atoms with Crippen molar-refractivity contribution in [2.75, 3.05) is 26.2 Å². The monoisotopic (exact) mass is 494 g/mol. The van der Waals surface area contributed by atoms with Gasteiger partial charge in [-0.15, -0.1) is 0 Å². The van der Waals surface area contributed by atoms with Crippen LogP contribution >= 0.6 is 0 Å².